The highest BCUT2D eigenvalue weighted by molar-refractivity contribution is 7.81. The summed E-state index contributed by atoms with van der Waals surface area (Å²) >= 11 is 5.69. The predicted molar refractivity (Wildman–Crippen MR) is 134 cm³/mol. The number of nitrogens with one attached hydrogen (secondary N) is 1. The Morgan fingerprint density at radius 2 is 1.62 bits per heavy atom. The number of aryl methyl sites for hydroxylation is 2. The minimum atomic E-state index is -2.94. The van der Waals surface area contributed by atoms with E-state index in [1.165, 1.54) is 24.3 Å². The number of ether oxygens (including phenoxy) is 1. The van der Waals surface area contributed by atoms with Gasteiger partial charge in [-0.15, -0.1) is 0 Å². The number of anilines is 1. The summed E-state index contributed by atoms with van der Waals surface area (Å²) in [5.41, 5.74) is 4.46. The van der Waals surface area contributed by atoms with Gasteiger partial charge in [0.15, 0.2) is 17.4 Å². The lowest BCUT2D eigenvalue weighted by molar-refractivity contribution is -0.577. The first-order valence-corrected chi connectivity index (χ1v) is 11.2. The predicted octanol–water partition coefficient (Wildman–Crippen LogP) is 5.62. The zero-order valence-corrected chi connectivity index (χ0v) is 20.7. The van der Waals surface area contributed by atoms with Gasteiger partial charge in [-0.2, -0.15) is 13.3 Å². The van der Waals surface area contributed by atoms with Gasteiger partial charge < -0.3 is 15.2 Å². The van der Waals surface area contributed by atoms with Crippen LogP contribution in [0, 0.1) is 13.8 Å². The number of hydrogen-bond acceptors (Lipinski definition) is 3. The second-order valence-electron chi connectivity index (χ2n) is 9.10. The number of aromatic nitrogens is 1. The Kier molecular flexibility index (Phi) is 7.67. The van der Waals surface area contributed by atoms with E-state index in [-0.39, 0.29) is 27.6 Å². The molecule has 0 aliphatic rings. The lowest BCUT2D eigenvalue weighted by atomic mass is 9.88. The number of benzene rings is 2. The summed E-state index contributed by atoms with van der Waals surface area (Å²) in [4.78, 5) is 0.250. The standard InChI is InChI=1S/C27H28F2N2O2S/c1-17-6-7-18(2)22(16-17)30-25(34)23(31-14-12-20(13-15-31)27(3,4)5)24(32)19-8-10-21(11-9-19)33-26(28)29/h6-16,26H,1-5H3,(H-,30,32,34). The van der Waals surface area contributed by atoms with Gasteiger partial charge in [0.25, 0.3) is 0 Å². The lowest BCUT2D eigenvalue weighted by Crippen LogP contribution is -2.40. The SMILES string of the molecule is Cc1ccc(C)c(NC(=S)/C(=C(\[O-])c2ccc(OC(F)F)cc2)[n+]2ccc(C(C)(C)C)cc2)c1. The maximum absolute atomic E-state index is 13.6. The number of pyridine rings is 1. The van der Waals surface area contributed by atoms with Crippen molar-refractivity contribution in [2.75, 3.05) is 5.32 Å². The molecule has 0 saturated heterocycles. The summed E-state index contributed by atoms with van der Waals surface area (Å²) in [7, 11) is 0. The summed E-state index contributed by atoms with van der Waals surface area (Å²) in [5, 5.41) is 16.8. The Morgan fingerprint density at radius 1 is 1.00 bits per heavy atom. The molecule has 178 valence electrons. The molecule has 0 unspecified atom stereocenters. The van der Waals surface area contributed by atoms with Gasteiger partial charge in [0.1, 0.15) is 5.75 Å². The third-order valence-corrected chi connectivity index (χ3v) is 5.66. The molecule has 4 nitrogen and oxygen atoms in total. The van der Waals surface area contributed by atoms with Crippen LogP contribution in [0.15, 0.2) is 67.0 Å². The van der Waals surface area contributed by atoms with Crippen molar-refractivity contribution in [3.63, 3.8) is 0 Å². The van der Waals surface area contributed by atoms with E-state index in [1.807, 2.05) is 44.2 Å². The smallest absolute Gasteiger partial charge is 0.387 e. The zero-order valence-electron chi connectivity index (χ0n) is 19.9. The van der Waals surface area contributed by atoms with E-state index in [0.717, 1.165) is 22.4 Å². The Morgan fingerprint density at radius 3 is 2.18 bits per heavy atom. The second kappa shape index (κ2) is 10.3. The van der Waals surface area contributed by atoms with Crippen LogP contribution in [-0.2, 0) is 5.41 Å². The van der Waals surface area contributed by atoms with Crippen molar-refractivity contribution >= 4 is 34.3 Å². The largest absolute Gasteiger partial charge is 0.867 e. The fraction of sp³-hybridized carbons (Fsp3) is 0.259. The van der Waals surface area contributed by atoms with Crippen LogP contribution in [0.3, 0.4) is 0 Å². The molecular formula is C27H28F2N2O2S. The molecule has 0 spiro atoms. The van der Waals surface area contributed by atoms with Crippen molar-refractivity contribution in [2.45, 2.75) is 46.6 Å². The van der Waals surface area contributed by atoms with Crippen LogP contribution in [0.5, 0.6) is 5.75 Å². The van der Waals surface area contributed by atoms with E-state index >= 15 is 0 Å². The minimum Gasteiger partial charge on any atom is -0.867 e. The topological polar surface area (TPSA) is 48.2 Å². The van der Waals surface area contributed by atoms with Crippen LogP contribution < -0.4 is 19.7 Å². The molecule has 0 bridgehead atoms. The zero-order chi connectivity index (χ0) is 25.0. The minimum absolute atomic E-state index is 0.0219. The van der Waals surface area contributed by atoms with Crippen LogP contribution in [-0.4, -0.2) is 11.6 Å². The maximum Gasteiger partial charge on any atom is 0.387 e. The van der Waals surface area contributed by atoms with Gasteiger partial charge in [-0.25, -0.2) is 0 Å². The molecule has 1 heterocycles. The van der Waals surface area contributed by atoms with Gasteiger partial charge in [0.05, 0.1) is 0 Å². The van der Waals surface area contributed by atoms with Gasteiger partial charge >= 0.3 is 6.61 Å². The fourth-order valence-electron chi connectivity index (χ4n) is 3.39. The normalized spacial score (nSPS) is 12.4. The first kappa shape index (κ1) is 25.3. The molecule has 1 N–H and O–H groups in total. The van der Waals surface area contributed by atoms with Crippen molar-refractivity contribution in [3.8, 4) is 5.75 Å². The van der Waals surface area contributed by atoms with Gasteiger partial charge in [0.2, 0.25) is 5.70 Å². The molecule has 3 rings (SSSR count). The summed E-state index contributed by atoms with van der Waals surface area (Å²) in [5.74, 6) is -0.369. The summed E-state index contributed by atoms with van der Waals surface area (Å²) in [6.45, 7) is 7.33. The molecule has 3 aromatic rings. The van der Waals surface area contributed by atoms with Crippen LogP contribution in [0.2, 0.25) is 0 Å². The van der Waals surface area contributed by atoms with Gasteiger partial charge in [-0.1, -0.05) is 57.3 Å². The average molecular weight is 483 g/mol. The van der Waals surface area contributed by atoms with E-state index in [0.29, 0.717) is 5.56 Å². The highest BCUT2D eigenvalue weighted by Gasteiger charge is 2.22. The van der Waals surface area contributed by atoms with Gasteiger partial charge in [-0.3, -0.25) is 0 Å². The number of alkyl halides is 2. The third kappa shape index (κ3) is 6.17. The summed E-state index contributed by atoms with van der Waals surface area (Å²) < 4.78 is 31.1. The van der Waals surface area contributed by atoms with Crippen LogP contribution >= 0.6 is 12.2 Å². The van der Waals surface area contributed by atoms with Crippen molar-refractivity contribution < 1.29 is 23.2 Å². The Balaban J connectivity index is 2.07. The molecule has 0 fully saturated rings. The van der Waals surface area contributed by atoms with E-state index in [4.69, 9.17) is 12.2 Å². The van der Waals surface area contributed by atoms with Crippen molar-refractivity contribution in [3.05, 3.63) is 89.2 Å². The van der Waals surface area contributed by atoms with Crippen molar-refractivity contribution in [2.24, 2.45) is 0 Å². The van der Waals surface area contributed by atoms with E-state index < -0.39 is 6.61 Å². The van der Waals surface area contributed by atoms with Gasteiger partial charge in [-0.05, 0) is 65.5 Å². The molecule has 0 saturated carbocycles. The second-order valence-corrected chi connectivity index (χ2v) is 9.51. The molecule has 7 heteroatoms. The number of thiocarbonyl (C=S) groups is 1. The van der Waals surface area contributed by atoms with Crippen molar-refractivity contribution in [1.82, 2.24) is 0 Å². The third-order valence-electron chi connectivity index (χ3n) is 5.37. The Labute approximate surface area is 204 Å². The molecule has 0 aliphatic carbocycles. The molecule has 34 heavy (non-hydrogen) atoms. The van der Waals surface area contributed by atoms with Gasteiger partial charge in [0, 0.05) is 17.8 Å². The Hall–Kier alpha value is -3.32. The summed E-state index contributed by atoms with van der Waals surface area (Å²) in [6.07, 6.45) is 3.61. The van der Waals surface area contributed by atoms with Crippen molar-refractivity contribution in [1.29, 1.82) is 0 Å². The Bertz CT molecular complexity index is 1200. The molecule has 0 amide bonds. The average Bonchev–Trinajstić information content (AvgIpc) is 2.76. The first-order valence-electron chi connectivity index (χ1n) is 10.8. The van der Waals surface area contributed by atoms with E-state index in [9.17, 15) is 13.9 Å². The van der Waals surface area contributed by atoms with E-state index in [2.05, 4.69) is 30.8 Å². The van der Waals surface area contributed by atoms with E-state index in [1.54, 1.807) is 17.0 Å². The van der Waals surface area contributed by atoms with Crippen LogP contribution in [0.25, 0.3) is 11.5 Å². The lowest BCUT2D eigenvalue weighted by Gasteiger charge is -2.20. The highest BCUT2D eigenvalue weighted by atomic mass is 32.1. The van der Waals surface area contributed by atoms with Crippen LogP contribution in [0.1, 0.15) is 43.0 Å². The molecule has 2 aromatic carbocycles. The van der Waals surface area contributed by atoms with Crippen LogP contribution in [0.4, 0.5) is 14.5 Å². The maximum atomic E-state index is 13.6. The monoisotopic (exact) mass is 482 g/mol. The molecule has 1 aromatic heterocycles. The quantitative estimate of drug-likeness (QED) is 0.215. The number of halogens is 2. The number of hydrogen-bond donors (Lipinski definition) is 1. The number of rotatable bonds is 6. The molecule has 0 aliphatic heterocycles. The molecular weight excluding hydrogens is 454 g/mol. The molecule has 0 atom stereocenters. The highest BCUT2D eigenvalue weighted by Crippen LogP contribution is 2.24. The first-order chi connectivity index (χ1) is 16.0. The number of nitrogens with zero attached hydrogens (tertiary/aromatic N) is 1. The summed E-state index contributed by atoms with van der Waals surface area (Å²) in [6, 6.07) is 15.4. The fourth-order valence-corrected chi connectivity index (χ4v) is 3.70. The molecule has 0 radical (unpaired) electrons.